The van der Waals surface area contributed by atoms with Crippen LogP contribution in [-0.2, 0) is 21.2 Å². The molecule has 1 amide bonds. The van der Waals surface area contributed by atoms with Gasteiger partial charge in [-0.05, 0) is 42.0 Å². The minimum atomic E-state index is -3.82. The van der Waals surface area contributed by atoms with Gasteiger partial charge in [-0.2, -0.15) is 0 Å². The topological polar surface area (TPSA) is 117 Å². The lowest BCUT2D eigenvalue weighted by Gasteiger charge is -2.08. The van der Waals surface area contributed by atoms with Crippen molar-refractivity contribution < 1.29 is 13.2 Å². The first kappa shape index (κ1) is 18.6. The number of carbonyl (C=O) groups excluding carboxylic acids is 1. The maximum atomic E-state index is 12.4. The average molecular weight is 407 g/mol. The number of nitrogens with zero attached hydrogens (tertiary/aromatic N) is 2. The van der Waals surface area contributed by atoms with E-state index >= 15 is 0 Å². The van der Waals surface area contributed by atoms with Crippen molar-refractivity contribution in [2.75, 3.05) is 10.0 Å². The highest BCUT2D eigenvalue weighted by Crippen LogP contribution is 2.20. The van der Waals surface area contributed by atoms with Gasteiger partial charge < -0.3 is 10.3 Å². The summed E-state index contributed by atoms with van der Waals surface area (Å²) in [4.78, 5) is 23.2. The smallest absolute Gasteiger partial charge is 0.264 e. The van der Waals surface area contributed by atoms with E-state index in [2.05, 4.69) is 25.0 Å². The summed E-state index contributed by atoms with van der Waals surface area (Å²) in [5.74, 6) is -0.204. The molecule has 0 radical (unpaired) electrons. The van der Waals surface area contributed by atoms with Gasteiger partial charge in [-0.1, -0.05) is 18.2 Å². The third kappa shape index (κ3) is 4.25. The summed E-state index contributed by atoms with van der Waals surface area (Å²) in [7, 11) is -3.82. The second kappa shape index (κ2) is 7.72. The van der Waals surface area contributed by atoms with Crippen molar-refractivity contribution in [3.63, 3.8) is 0 Å². The second-order valence-electron chi connectivity index (χ2n) is 6.29. The van der Waals surface area contributed by atoms with Gasteiger partial charge in [-0.3, -0.25) is 4.79 Å². The van der Waals surface area contributed by atoms with Crippen LogP contribution < -0.4 is 10.0 Å². The van der Waals surface area contributed by atoms with Gasteiger partial charge >= 0.3 is 0 Å². The zero-order valence-electron chi connectivity index (χ0n) is 15.2. The molecule has 0 spiro atoms. The third-order valence-corrected chi connectivity index (χ3v) is 5.61. The van der Waals surface area contributed by atoms with Crippen molar-refractivity contribution in [1.29, 1.82) is 0 Å². The lowest BCUT2D eigenvalue weighted by atomic mass is 10.1. The Kier molecular flexibility index (Phi) is 4.96. The summed E-state index contributed by atoms with van der Waals surface area (Å²) in [6, 6.07) is 15.2. The van der Waals surface area contributed by atoms with E-state index in [1.165, 1.54) is 36.7 Å². The van der Waals surface area contributed by atoms with Crippen LogP contribution in [0.5, 0.6) is 0 Å². The first-order valence-electron chi connectivity index (χ1n) is 8.76. The van der Waals surface area contributed by atoms with Gasteiger partial charge in [0.1, 0.15) is 0 Å². The summed E-state index contributed by atoms with van der Waals surface area (Å²) < 4.78 is 27.1. The van der Waals surface area contributed by atoms with Crippen LogP contribution in [0.4, 0.5) is 11.6 Å². The number of nitrogens with one attached hydrogen (secondary N) is 3. The van der Waals surface area contributed by atoms with Crippen LogP contribution in [0.3, 0.4) is 0 Å². The highest BCUT2D eigenvalue weighted by Gasteiger charge is 2.16. The monoisotopic (exact) mass is 407 g/mol. The van der Waals surface area contributed by atoms with Gasteiger partial charge in [0.15, 0.2) is 0 Å². The van der Waals surface area contributed by atoms with Crippen molar-refractivity contribution in [2.24, 2.45) is 0 Å². The normalized spacial score (nSPS) is 11.3. The van der Waals surface area contributed by atoms with Gasteiger partial charge in [-0.25, -0.2) is 23.1 Å². The first-order valence-corrected chi connectivity index (χ1v) is 10.2. The number of fused-ring (bicyclic) bond motifs is 1. The van der Waals surface area contributed by atoms with E-state index in [4.69, 9.17) is 0 Å². The number of H-pyrrole nitrogens is 1. The highest BCUT2D eigenvalue weighted by molar-refractivity contribution is 7.92. The highest BCUT2D eigenvalue weighted by atomic mass is 32.2. The molecule has 4 aromatic rings. The Labute approximate surface area is 167 Å². The maximum Gasteiger partial charge on any atom is 0.264 e. The van der Waals surface area contributed by atoms with Crippen LogP contribution in [0, 0.1) is 0 Å². The SMILES string of the molecule is O=C(Cc1c[nH]c2ccccc12)Nc1ccc(S(=O)(=O)Nc2ncccn2)cc1. The van der Waals surface area contributed by atoms with E-state index < -0.39 is 10.0 Å². The molecule has 146 valence electrons. The second-order valence-corrected chi connectivity index (χ2v) is 7.97. The van der Waals surface area contributed by atoms with Crippen LogP contribution in [0.15, 0.2) is 78.1 Å². The molecule has 0 bridgehead atoms. The lowest BCUT2D eigenvalue weighted by Crippen LogP contribution is -2.16. The number of aromatic nitrogens is 3. The van der Waals surface area contributed by atoms with E-state index in [0.29, 0.717) is 5.69 Å². The number of hydrogen-bond donors (Lipinski definition) is 3. The molecule has 0 aliphatic heterocycles. The van der Waals surface area contributed by atoms with Crippen LogP contribution >= 0.6 is 0 Å². The lowest BCUT2D eigenvalue weighted by molar-refractivity contribution is -0.115. The summed E-state index contributed by atoms with van der Waals surface area (Å²) in [6.45, 7) is 0. The average Bonchev–Trinajstić information content (AvgIpc) is 3.12. The van der Waals surface area contributed by atoms with E-state index in [1.807, 2.05) is 30.5 Å². The van der Waals surface area contributed by atoms with Crippen molar-refractivity contribution in [3.8, 4) is 0 Å². The minimum Gasteiger partial charge on any atom is -0.361 e. The Morgan fingerprint density at radius 2 is 1.69 bits per heavy atom. The molecule has 2 heterocycles. The standard InChI is InChI=1S/C20H17N5O3S/c26-19(12-14-13-23-18-5-2-1-4-17(14)18)24-15-6-8-16(9-7-15)29(27,28)25-20-21-10-3-11-22-20/h1-11,13,23H,12H2,(H,24,26)(H,21,22,25). The van der Waals surface area contributed by atoms with Crippen molar-refractivity contribution in [1.82, 2.24) is 15.0 Å². The van der Waals surface area contributed by atoms with Crippen LogP contribution in [-0.4, -0.2) is 29.3 Å². The van der Waals surface area contributed by atoms with Crippen molar-refractivity contribution in [2.45, 2.75) is 11.3 Å². The molecule has 0 atom stereocenters. The predicted octanol–water partition coefficient (Wildman–Crippen LogP) is 2.94. The first-order chi connectivity index (χ1) is 14.0. The number of sulfonamides is 1. The van der Waals surface area contributed by atoms with Gasteiger partial charge in [0.2, 0.25) is 11.9 Å². The summed E-state index contributed by atoms with van der Waals surface area (Å²) >= 11 is 0. The Morgan fingerprint density at radius 3 is 2.45 bits per heavy atom. The molecule has 29 heavy (non-hydrogen) atoms. The van der Waals surface area contributed by atoms with Crippen molar-refractivity contribution >= 4 is 38.5 Å². The van der Waals surface area contributed by atoms with E-state index in [9.17, 15) is 13.2 Å². The molecule has 9 heteroatoms. The number of benzene rings is 2. The molecule has 2 aromatic heterocycles. The van der Waals surface area contributed by atoms with Crippen LogP contribution in [0.2, 0.25) is 0 Å². The number of aromatic amines is 1. The van der Waals surface area contributed by atoms with Gasteiger partial charge in [0.25, 0.3) is 10.0 Å². The van der Waals surface area contributed by atoms with Gasteiger partial charge in [-0.15, -0.1) is 0 Å². The Hall–Kier alpha value is -3.72. The fourth-order valence-corrected chi connectivity index (χ4v) is 3.86. The molecule has 0 fully saturated rings. The number of carbonyl (C=O) groups is 1. The molecule has 0 saturated carbocycles. The summed E-state index contributed by atoms with van der Waals surface area (Å²) in [5.41, 5.74) is 2.37. The number of rotatable bonds is 6. The molecule has 0 aliphatic rings. The number of anilines is 2. The van der Waals surface area contributed by atoms with Crippen molar-refractivity contribution in [3.05, 3.63) is 78.8 Å². The zero-order chi connectivity index (χ0) is 20.3. The molecule has 4 rings (SSSR count). The fraction of sp³-hybridized carbons (Fsp3) is 0.0500. The summed E-state index contributed by atoms with van der Waals surface area (Å²) in [5, 5.41) is 3.78. The minimum absolute atomic E-state index is 0.0105. The van der Waals surface area contributed by atoms with Crippen LogP contribution in [0.25, 0.3) is 10.9 Å². The molecule has 2 aromatic carbocycles. The number of para-hydroxylation sites is 1. The third-order valence-electron chi connectivity index (χ3n) is 4.27. The summed E-state index contributed by atoms with van der Waals surface area (Å²) in [6.07, 6.45) is 4.91. The quantitative estimate of drug-likeness (QED) is 0.454. The molecule has 8 nitrogen and oxygen atoms in total. The molecular formula is C20H17N5O3S. The fourth-order valence-electron chi connectivity index (χ4n) is 2.90. The van der Waals surface area contributed by atoms with E-state index in [0.717, 1.165) is 16.5 Å². The van der Waals surface area contributed by atoms with Gasteiger partial charge in [0, 0.05) is 35.2 Å². The zero-order valence-corrected chi connectivity index (χ0v) is 16.0. The number of amides is 1. The van der Waals surface area contributed by atoms with E-state index in [1.54, 1.807) is 6.07 Å². The molecular weight excluding hydrogens is 390 g/mol. The largest absolute Gasteiger partial charge is 0.361 e. The van der Waals surface area contributed by atoms with Crippen LogP contribution in [0.1, 0.15) is 5.56 Å². The molecule has 0 unspecified atom stereocenters. The maximum absolute atomic E-state index is 12.4. The molecule has 0 saturated heterocycles. The van der Waals surface area contributed by atoms with Gasteiger partial charge in [0.05, 0.1) is 11.3 Å². The Bertz CT molecular complexity index is 1250. The Balaban J connectivity index is 1.43. The van der Waals surface area contributed by atoms with E-state index in [-0.39, 0.29) is 23.2 Å². The molecule has 3 N–H and O–H groups in total. The Morgan fingerprint density at radius 1 is 0.966 bits per heavy atom. The molecule has 0 aliphatic carbocycles. The number of hydrogen-bond acceptors (Lipinski definition) is 5. The predicted molar refractivity (Wildman–Crippen MR) is 110 cm³/mol.